The number of nitrogens with one attached hydrogen (secondary N) is 1. The Kier molecular flexibility index (Phi) is 4.69. The number of rotatable bonds is 4. The van der Waals surface area contributed by atoms with Crippen LogP contribution in [0.2, 0.25) is 0 Å². The molecule has 2 unspecified atom stereocenters. The smallest absolute Gasteiger partial charge is 0.0944 e. The lowest BCUT2D eigenvalue weighted by molar-refractivity contribution is 0.0876. The van der Waals surface area contributed by atoms with Crippen LogP contribution in [-0.4, -0.2) is 60.6 Å². The molecule has 2 atom stereocenters. The van der Waals surface area contributed by atoms with Crippen LogP contribution in [-0.2, 0) is 6.42 Å². The minimum absolute atomic E-state index is 0.253. The second kappa shape index (κ2) is 6.08. The van der Waals surface area contributed by atoms with Gasteiger partial charge < -0.3 is 4.90 Å². The van der Waals surface area contributed by atoms with E-state index in [1.807, 2.05) is 6.92 Å². The third-order valence-electron chi connectivity index (χ3n) is 3.64. The van der Waals surface area contributed by atoms with Crippen molar-refractivity contribution < 1.29 is 0 Å². The summed E-state index contributed by atoms with van der Waals surface area (Å²) in [5, 5.41) is 3.26. The van der Waals surface area contributed by atoms with Crippen LogP contribution < -0.4 is 11.3 Å². The maximum Gasteiger partial charge on any atom is 0.0944 e. The fraction of sp³-hybridized carbons (Fsp3) is 0.750. The maximum atomic E-state index is 5.75. The number of likely N-dealkylation sites (N-methyl/N-ethyl adjacent to an activating group) is 2. The Hall–Kier alpha value is -0.530. The van der Waals surface area contributed by atoms with Gasteiger partial charge in [0.25, 0.3) is 0 Å². The Morgan fingerprint density at radius 3 is 2.94 bits per heavy atom. The van der Waals surface area contributed by atoms with Crippen LogP contribution >= 0.6 is 11.3 Å². The first-order valence-corrected chi connectivity index (χ1v) is 7.24. The van der Waals surface area contributed by atoms with Gasteiger partial charge in [0.05, 0.1) is 5.01 Å². The molecule has 1 aromatic rings. The topological polar surface area (TPSA) is 57.4 Å². The molecular weight excluding hydrogens is 246 g/mol. The van der Waals surface area contributed by atoms with Gasteiger partial charge in [0, 0.05) is 49.2 Å². The molecule has 1 aromatic heterocycles. The zero-order chi connectivity index (χ0) is 13.1. The van der Waals surface area contributed by atoms with Crippen molar-refractivity contribution in [3.05, 3.63) is 16.1 Å². The van der Waals surface area contributed by atoms with E-state index in [0.717, 1.165) is 36.8 Å². The molecule has 1 fully saturated rings. The Labute approximate surface area is 113 Å². The van der Waals surface area contributed by atoms with Gasteiger partial charge in [0.2, 0.25) is 0 Å². The fourth-order valence-electron chi connectivity index (χ4n) is 2.47. The summed E-state index contributed by atoms with van der Waals surface area (Å²) in [6, 6.07) is 0.696. The predicted octanol–water partition coefficient (Wildman–Crippen LogP) is 0.0717. The average Bonchev–Trinajstić information content (AvgIpc) is 2.75. The van der Waals surface area contributed by atoms with Gasteiger partial charge in [-0.1, -0.05) is 0 Å². The Bertz CT molecular complexity index is 380. The number of hydrogen-bond acceptors (Lipinski definition) is 6. The van der Waals surface area contributed by atoms with E-state index in [9.17, 15) is 0 Å². The minimum atomic E-state index is 0.253. The monoisotopic (exact) mass is 269 g/mol. The number of nitrogens with two attached hydrogens (primary N) is 1. The lowest BCUT2D eigenvalue weighted by Gasteiger charge is -2.41. The standard InChI is InChI=1S/C12H23N5S/c1-9-8-18-12(14-9)6-10(15-13)11-7-16(2)4-5-17(11)3/h8,10-11,15H,4-7,13H2,1-3H3. The first-order chi connectivity index (χ1) is 8.60. The van der Waals surface area contributed by atoms with E-state index in [-0.39, 0.29) is 6.04 Å². The molecule has 0 bridgehead atoms. The summed E-state index contributed by atoms with van der Waals surface area (Å²) < 4.78 is 0. The predicted molar refractivity (Wildman–Crippen MR) is 75.6 cm³/mol. The minimum Gasteiger partial charge on any atom is -0.303 e. The van der Waals surface area contributed by atoms with Crippen LogP contribution in [0.3, 0.4) is 0 Å². The van der Waals surface area contributed by atoms with Crippen LogP contribution in [0.15, 0.2) is 5.38 Å². The van der Waals surface area contributed by atoms with Gasteiger partial charge in [-0.3, -0.25) is 16.2 Å². The van der Waals surface area contributed by atoms with E-state index in [2.05, 4.69) is 39.7 Å². The molecule has 1 aliphatic rings. The van der Waals surface area contributed by atoms with E-state index in [1.54, 1.807) is 11.3 Å². The van der Waals surface area contributed by atoms with Crippen LogP contribution in [0, 0.1) is 6.92 Å². The first kappa shape index (κ1) is 13.9. The summed E-state index contributed by atoms with van der Waals surface area (Å²) in [7, 11) is 4.34. The van der Waals surface area contributed by atoms with Crippen molar-refractivity contribution in [2.75, 3.05) is 33.7 Å². The Morgan fingerprint density at radius 1 is 1.56 bits per heavy atom. The van der Waals surface area contributed by atoms with Crippen LogP contribution in [0.4, 0.5) is 0 Å². The number of aryl methyl sites for hydroxylation is 1. The second-order valence-electron chi connectivity index (χ2n) is 5.17. The highest BCUT2D eigenvalue weighted by atomic mass is 32.1. The van der Waals surface area contributed by atoms with E-state index >= 15 is 0 Å². The van der Waals surface area contributed by atoms with Crippen LogP contribution in [0.5, 0.6) is 0 Å². The molecule has 0 spiro atoms. The molecule has 0 saturated carbocycles. The van der Waals surface area contributed by atoms with Gasteiger partial charge >= 0.3 is 0 Å². The van der Waals surface area contributed by atoms with Crippen molar-refractivity contribution in [3.8, 4) is 0 Å². The molecule has 0 radical (unpaired) electrons. The number of piperazine rings is 1. The fourth-order valence-corrected chi connectivity index (χ4v) is 3.30. The van der Waals surface area contributed by atoms with Gasteiger partial charge in [-0.2, -0.15) is 0 Å². The molecule has 0 aromatic carbocycles. The largest absolute Gasteiger partial charge is 0.303 e. The molecule has 0 aliphatic carbocycles. The molecule has 2 rings (SSSR count). The highest BCUT2D eigenvalue weighted by Gasteiger charge is 2.29. The molecule has 1 aliphatic heterocycles. The molecule has 0 amide bonds. The molecule has 3 N–H and O–H groups in total. The van der Waals surface area contributed by atoms with Crippen molar-refractivity contribution >= 4 is 11.3 Å². The Balaban J connectivity index is 2.02. The zero-order valence-corrected chi connectivity index (χ0v) is 12.2. The number of hydrazine groups is 1. The van der Waals surface area contributed by atoms with E-state index in [1.165, 1.54) is 0 Å². The molecule has 6 heteroatoms. The lowest BCUT2D eigenvalue weighted by atomic mass is 10.0. The number of aromatic nitrogens is 1. The highest BCUT2D eigenvalue weighted by Crippen LogP contribution is 2.16. The summed E-state index contributed by atoms with van der Waals surface area (Å²) in [6.45, 7) is 5.30. The van der Waals surface area contributed by atoms with Gasteiger partial charge in [0.1, 0.15) is 0 Å². The molecule has 5 nitrogen and oxygen atoms in total. The summed E-state index contributed by atoms with van der Waals surface area (Å²) in [6.07, 6.45) is 0.901. The van der Waals surface area contributed by atoms with Gasteiger partial charge in [0.15, 0.2) is 0 Å². The van der Waals surface area contributed by atoms with E-state index < -0.39 is 0 Å². The normalized spacial score (nSPS) is 24.3. The summed E-state index contributed by atoms with van der Waals surface area (Å²) in [4.78, 5) is 9.29. The molecule has 2 heterocycles. The second-order valence-corrected chi connectivity index (χ2v) is 6.11. The molecular formula is C12H23N5S. The quantitative estimate of drug-likeness (QED) is 0.598. The van der Waals surface area contributed by atoms with Gasteiger partial charge in [-0.25, -0.2) is 4.98 Å². The van der Waals surface area contributed by atoms with Gasteiger partial charge in [-0.15, -0.1) is 11.3 Å². The van der Waals surface area contributed by atoms with Crippen LogP contribution in [0.25, 0.3) is 0 Å². The van der Waals surface area contributed by atoms with Gasteiger partial charge in [-0.05, 0) is 21.0 Å². The van der Waals surface area contributed by atoms with Crippen molar-refractivity contribution in [2.24, 2.45) is 5.84 Å². The SMILES string of the molecule is Cc1csc(CC(NN)C2CN(C)CCN2C)n1. The van der Waals surface area contributed by atoms with E-state index in [4.69, 9.17) is 5.84 Å². The van der Waals surface area contributed by atoms with Crippen molar-refractivity contribution in [3.63, 3.8) is 0 Å². The van der Waals surface area contributed by atoms with Crippen molar-refractivity contribution in [1.29, 1.82) is 0 Å². The lowest BCUT2D eigenvalue weighted by Crippen LogP contribution is -2.60. The van der Waals surface area contributed by atoms with E-state index in [0.29, 0.717) is 6.04 Å². The summed E-state index contributed by atoms with van der Waals surface area (Å²) >= 11 is 1.72. The molecule has 102 valence electrons. The summed E-state index contributed by atoms with van der Waals surface area (Å²) in [5.74, 6) is 5.75. The third kappa shape index (κ3) is 3.27. The number of hydrogen-bond donors (Lipinski definition) is 2. The van der Waals surface area contributed by atoms with Crippen LogP contribution in [0.1, 0.15) is 10.7 Å². The summed E-state index contributed by atoms with van der Waals surface area (Å²) in [5.41, 5.74) is 4.08. The number of nitrogens with zero attached hydrogens (tertiary/aromatic N) is 3. The maximum absolute atomic E-state index is 5.75. The third-order valence-corrected chi connectivity index (χ3v) is 4.63. The number of thiazole rings is 1. The molecule has 1 saturated heterocycles. The van der Waals surface area contributed by atoms with Crippen molar-refractivity contribution in [1.82, 2.24) is 20.2 Å². The highest BCUT2D eigenvalue weighted by molar-refractivity contribution is 7.09. The first-order valence-electron chi connectivity index (χ1n) is 6.36. The Morgan fingerprint density at radius 2 is 2.33 bits per heavy atom. The van der Waals surface area contributed by atoms with Crippen molar-refractivity contribution in [2.45, 2.75) is 25.4 Å². The average molecular weight is 269 g/mol. The zero-order valence-electron chi connectivity index (χ0n) is 11.4. The molecule has 18 heavy (non-hydrogen) atoms.